The first kappa shape index (κ1) is 11.4. The van der Waals surface area contributed by atoms with Crippen molar-refractivity contribution in [3.63, 3.8) is 0 Å². The van der Waals surface area contributed by atoms with Crippen LogP contribution in [0.4, 0.5) is 5.69 Å². The van der Waals surface area contributed by atoms with Crippen LogP contribution in [0.2, 0.25) is 0 Å². The van der Waals surface area contributed by atoms with E-state index in [2.05, 4.69) is 20.4 Å². The second-order valence-corrected chi connectivity index (χ2v) is 5.90. The molecule has 0 atom stereocenters. The third-order valence-corrected chi connectivity index (χ3v) is 4.36. The third-order valence-electron chi connectivity index (χ3n) is 2.57. The molecule has 2 aromatic heterocycles. The summed E-state index contributed by atoms with van der Waals surface area (Å²) in [6, 6.07) is 5.97. The van der Waals surface area contributed by atoms with E-state index in [1.54, 1.807) is 18.1 Å². The van der Waals surface area contributed by atoms with Crippen molar-refractivity contribution < 1.29 is 0 Å². The van der Waals surface area contributed by atoms with Gasteiger partial charge >= 0.3 is 0 Å². The van der Waals surface area contributed by atoms with E-state index < -0.39 is 0 Å². The van der Waals surface area contributed by atoms with E-state index in [4.69, 9.17) is 5.73 Å². The lowest BCUT2D eigenvalue weighted by molar-refractivity contribution is 1.21. The fourth-order valence-electron chi connectivity index (χ4n) is 1.73. The van der Waals surface area contributed by atoms with Crippen molar-refractivity contribution in [1.82, 2.24) is 14.3 Å². The zero-order chi connectivity index (χ0) is 12.5. The number of nitrogens with two attached hydrogens (primary N) is 1. The van der Waals surface area contributed by atoms with Gasteiger partial charge in [0.25, 0.3) is 0 Å². The van der Waals surface area contributed by atoms with Gasteiger partial charge in [-0.2, -0.15) is 4.37 Å². The maximum Gasteiger partial charge on any atom is 0.174 e. The van der Waals surface area contributed by atoms with Crippen molar-refractivity contribution in [2.45, 2.75) is 16.2 Å². The molecular weight excluding hydrogens is 264 g/mol. The molecule has 0 fully saturated rings. The molecule has 90 valence electrons. The lowest BCUT2D eigenvalue weighted by Crippen LogP contribution is -1.90. The minimum atomic E-state index is 0.749. The van der Waals surface area contributed by atoms with Crippen LogP contribution >= 0.6 is 23.3 Å². The van der Waals surface area contributed by atoms with Gasteiger partial charge in [0.1, 0.15) is 6.33 Å². The van der Waals surface area contributed by atoms with Gasteiger partial charge in [0.15, 0.2) is 4.34 Å². The summed E-state index contributed by atoms with van der Waals surface area (Å²) in [7, 11) is 0. The number of nitrogens with zero attached hydrogens (tertiary/aromatic N) is 3. The zero-order valence-electron chi connectivity index (χ0n) is 9.62. The molecule has 0 aliphatic carbocycles. The number of pyridine rings is 1. The molecular formula is C12H10N4S2. The fourth-order valence-corrected chi connectivity index (χ4v) is 3.26. The molecule has 1 aromatic carbocycles. The monoisotopic (exact) mass is 274 g/mol. The highest BCUT2D eigenvalue weighted by Crippen LogP contribution is 2.35. The number of hydrogen-bond acceptors (Lipinski definition) is 6. The second kappa shape index (κ2) is 4.55. The van der Waals surface area contributed by atoms with Crippen molar-refractivity contribution in [2.75, 3.05) is 5.73 Å². The molecule has 4 nitrogen and oxygen atoms in total. The van der Waals surface area contributed by atoms with Crippen molar-refractivity contribution in [3.05, 3.63) is 36.4 Å². The minimum absolute atomic E-state index is 0.749. The van der Waals surface area contributed by atoms with Gasteiger partial charge in [-0.1, -0.05) is 11.8 Å². The van der Waals surface area contributed by atoms with Crippen LogP contribution in [0, 0.1) is 6.92 Å². The topological polar surface area (TPSA) is 64.7 Å². The van der Waals surface area contributed by atoms with Crippen LogP contribution in [0.15, 0.2) is 40.0 Å². The Bertz CT molecular complexity index is 695. The average molecular weight is 274 g/mol. The van der Waals surface area contributed by atoms with Crippen LogP contribution < -0.4 is 5.73 Å². The number of benzene rings is 1. The van der Waals surface area contributed by atoms with Gasteiger partial charge in [0.2, 0.25) is 0 Å². The summed E-state index contributed by atoms with van der Waals surface area (Å²) >= 11 is 2.99. The van der Waals surface area contributed by atoms with E-state index in [0.29, 0.717) is 0 Å². The van der Waals surface area contributed by atoms with Gasteiger partial charge in [-0.05, 0) is 36.7 Å². The smallest absolute Gasteiger partial charge is 0.174 e. The summed E-state index contributed by atoms with van der Waals surface area (Å²) in [4.78, 5) is 9.60. The van der Waals surface area contributed by atoms with Gasteiger partial charge in [-0.3, -0.25) is 4.98 Å². The molecule has 0 saturated heterocycles. The van der Waals surface area contributed by atoms with Gasteiger partial charge < -0.3 is 5.73 Å². The van der Waals surface area contributed by atoms with Crippen molar-refractivity contribution in [1.29, 1.82) is 0 Å². The molecule has 0 aliphatic rings. The Morgan fingerprint density at radius 1 is 1.22 bits per heavy atom. The zero-order valence-corrected chi connectivity index (χ0v) is 11.3. The van der Waals surface area contributed by atoms with Gasteiger partial charge in [0, 0.05) is 33.2 Å². The summed E-state index contributed by atoms with van der Waals surface area (Å²) in [5.74, 6) is 0. The molecule has 3 aromatic rings. The van der Waals surface area contributed by atoms with Crippen LogP contribution in [-0.4, -0.2) is 14.3 Å². The summed E-state index contributed by atoms with van der Waals surface area (Å²) in [6.07, 6.45) is 3.39. The Kier molecular flexibility index (Phi) is 2.89. The number of hydrogen-bond donors (Lipinski definition) is 1. The predicted octanol–water partition coefficient (Wildman–Crippen LogP) is 3.13. The SMILES string of the molecule is Cc1cc2c(Sc3ncns3)ccc(N)c2cn1. The van der Waals surface area contributed by atoms with Crippen molar-refractivity contribution >= 4 is 39.8 Å². The van der Waals surface area contributed by atoms with Gasteiger partial charge in [0.05, 0.1) is 0 Å². The highest BCUT2D eigenvalue weighted by atomic mass is 32.2. The summed E-state index contributed by atoms with van der Waals surface area (Å²) in [5, 5.41) is 2.10. The van der Waals surface area contributed by atoms with E-state index in [-0.39, 0.29) is 0 Å². The van der Waals surface area contributed by atoms with Gasteiger partial charge in [-0.25, -0.2) is 4.98 Å². The number of aryl methyl sites for hydroxylation is 1. The van der Waals surface area contributed by atoms with E-state index in [1.165, 1.54) is 11.5 Å². The van der Waals surface area contributed by atoms with Crippen molar-refractivity contribution in [3.8, 4) is 0 Å². The standard InChI is InChI=1S/C12H10N4S2/c1-7-4-8-9(5-14-7)10(13)2-3-11(8)17-12-15-6-16-18-12/h2-6H,13H2,1H3. The average Bonchev–Trinajstić information content (AvgIpc) is 2.86. The molecule has 2 heterocycles. The number of rotatable bonds is 2. The van der Waals surface area contributed by atoms with Crippen LogP contribution in [0.25, 0.3) is 10.8 Å². The molecule has 0 amide bonds. The highest BCUT2D eigenvalue weighted by Gasteiger charge is 2.08. The molecule has 0 saturated carbocycles. The molecule has 18 heavy (non-hydrogen) atoms. The quantitative estimate of drug-likeness (QED) is 0.727. The van der Waals surface area contributed by atoms with E-state index >= 15 is 0 Å². The lowest BCUT2D eigenvalue weighted by Gasteiger charge is -2.07. The van der Waals surface area contributed by atoms with Crippen LogP contribution in [-0.2, 0) is 0 Å². The largest absolute Gasteiger partial charge is 0.398 e. The summed E-state index contributed by atoms with van der Waals surface area (Å²) in [6.45, 7) is 1.97. The number of nitrogen functional groups attached to an aromatic ring is 1. The van der Waals surface area contributed by atoms with Crippen LogP contribution in [0.1, 0.15) is 5.69 Å². The van der Waals surface area contributed by atoms with Crippen molar-refractivity contribution in [2.24, 2.45) is 0 Å². The Morgan fingerprint density at radius 2 is 2.11 bits per heavy atom. The third kappa shape index (κ3) is 2.04. The summed E-state index contributed by atoms with van der Waals surface area (Å²) in [5.41, 5.74) is 7.70. The summed E-state index contributed by atoms with van der Waals surface area (Å²) < 4.78 is 4.93. The predicted molar refractivity (Wildman–Crippen MR) is 74.9 cm³/mol. The molecule has 0 bridgehead atoms. The number of fused-ring (bicyclic) bond motifs is 1. The normalized spacial score (nSPS) is 10.9. The number of aromatic nitrogens is 3. The molecule has 3 rings (SSSR count). The second-order valence-electron chi connectivity index (χ2n) is 3.83. The van der Waals surface area contributed by atoms with E-state index in [9.17, 15) is 0 Å². The molecule has 0 radical (unpaired) electrons. The molecule has 2 N–H and O–H groups in total. The first-order chi connectivity index (χ1) is 8.74. The fraction of sp³-hybridized carbons (Fsp3) is 0.0833. The van der Waals surface area contributed by atoms with E-state index in [0.717, 1.165) is 31.4 Å². The Hall–Kier alpha value is -1.66. The lowest BCUT2D eigenvalue weighted by atomic mass is 10.1. The minimum Gasteiger partial charge on any atom is -0.398 e. The maximum atomic E-state index is 5.97. The Labute approximate surface area is 112 Å². The van der Waals surface area contributed by atoms with Crippen LogP contribution in [0.5, 0.6) is 0 Å². The molecule has 0 spiro atoms. The number of anilines is 1. The Balaban J connectivity index is 2.17. The van der Waals surface area contributed by atoms with Gasteiger partial charge in [-0.15, -0.1) is 0 Å². The first-order valence-electron chi connectivity index (χ1n) is 5.33. The van der Waals surface area contributed by atoms with E-state index in [1.807, 2.05) is 25.3 Å². The molecule has 0 aliphatic heterocycles. The molecule has 6 heteroatoms. The highest BCUT2D eigenvalue weighted by molar-refractivity contribution is 8.01. The molecule has 0 unspecified atom stereocenters. The first-order valence-corrected chi connectivity index (χ1v) is 6.92. The van der Waals surface area contributed by atoms with Crippen LogP contribution in [0.3, 0.4) is 0 Å². The Morgan fingerprint density at radius 3 is 2.89 bits per heavy atom. The maximum absolute atomic E-state index is 5.97.